The van der Waals surface area contributed by atoms with Gasteiger partial charge in [0, 0.05) is 43.4 Å². The van der Waals surface area contributed by atoms with Crippen LogP contribution in [-0.4, -0.2) is 55.7 Å². The number of benzene rings is 2. The molecular formula is C27H28N4O4. The molecule has 1 saturated heterocycles. The molecule has 8 nitrogen and oxygen atoms in total. The van der Waals surface area contributed by atoms with E-state index >= 15 is 0 Å². The monoisotopic (exact) mass is 472 g/mol. The van der Waals surface area contributed by atoms with E-state index in [4.69, 9.17) is 13.9 Å². The molecule has 0 aliphatic carbocycles. The number of anilines is 1. The molecule has 1 amide bonds. The Balaban J connectivity index is 1.40. The van der Waals surface area contributed by atoms with E-state index in [1.807, 2.05) is 52.3 Å². The lowest BCUT2D eigenvalue weighted by Gasteiger charge is -2.34. The van der Waals surface area contributed by atoms with Crippen molar-refractivity contribution in [1.29, 1.82) is 5.26 Å². The zero-order valence-electron chi connectivity index (χ0n) is 19.9. The minimum Gasteiger partial charge on any atom is -0.496 e. The summed E-state index contributed by atoms with van der Waals surface area (Å²) in [5.74, 6) is 2.24. The van der Waals surface area contributed by atoms with Crippen molar-refractivity contribution >= 4 is 23.9 Å². The van der Waals surface area contributed by atoms with Crippen molar-refractivity contribution in [1.82, 2.24) is 9.88 Å². The topological polar surface area (TPSA) is 91.8 Å². The highest BCUT2D eigenvalue weighted by Gasteiger charge is 2.26. The van der Waals surface area contributed by atoms with Gasteiger partial charge in [-0.2, -0.15) is 10.2 Å². The highest BCUT2D eigenvalue weighted by Crippen LogP contribution is 2.26. The van der Waals surface area contributed by atoms with E-state index in [9.17, 15) is 10.1 Å². The van der Waals surface area contributed by atoms with Gasteiger partial charge in [-0.3, -0.25) is 4.79 Å². The number of amides is 1. The first-order valence-corrected chi connectivity index (χ1v) is 11.6. The number of ether oxygens (including phenoxy) is 2. The fraction of sp³-hybridized carbons (Fsp3) is 0.296. The van der Waals surface area contributed by atoms with E-state index in [0.717, 1.165) is 23.5 Å². The molecule has 2 aromatic carbocycles. The molecule has 1 fully saturated rings. The minimum absolute atomic E-state index is 0.0230. The molecule has 0 unspecified atom stereocenters. The van der Waals surface area contributed by atoms with Crippen molar-refractivity contribution in [3.63, 3.8) is 0 Å². The molecule has 0 spiro atoms. The standard InChI is InChI=1S/C27H28N4O4/c1-3-18-34-22-11-8-21(9-12-22)26(32)30-14-16-31(17-15-30)27-23(19-28)29-25(35-27)13-10-20-6-4-5-7-24(20)33-2/h4-13H,3,14-18H2,1-2H3/b13-10+. The molecule has 2 heterocycles. The van der Waals surface area contributed by atoms with Crippen LogP contribution < -0.4 is 14.4 Å². The van der Waals surface area contributed by atoms with Crippen molar-refractivity contribution < 1.29 is 18.7 Å². The van der Waals surface area contributed by atoms with E-state index < -0.39 is 0 Å². The maximum atomic E-state index is 12.9. The van der Waals surface area contributed by atoms with Gasteiger partial charge < -0.3 is 23.7 Å². The molecule has 4 rings (SSSR count). The van der Waals surface area contributed by atoms with Crippen LogP contribution in [0.1, 0.15) is 40.9 Å². The normalized spacial score (nSPS) is 13.6. The van der Waals surface area contributed by atoms with Crippen LogP contribution >= 0.6 is 0 Å². The van der Waals surface area contributed by atoms with Gasteiger partial charge in [-0.1, -0.05) is 25.1 Å². The Labute approximate surface area is 205 Å². The summed E-state index contributed by atoms with van der Waals surface area (Å²) < 4.78 is 16.9. The van der Waals surface area contributed by atoms with Crippen LogP contribution in [0.5, 0.6) is 11.5 Å². The summed E-state index contributed by atoms with van der Waals surface area (Å²) in [6.07, 6.45) is 4.49. The summed E-state index contributed by atoms with van der Waals surface area (Å²) >= 11 is 0. The number of nitriles is 1. The molecule has 0 radical (unpaired) electrons. The third-order valence-corrected chi connectivity index (χ3v) is 5.70. The lowest BCUT2D eigenvalue weighted by molar-refractivity contribution is 0.0745. The van der Waals surface area contributed by atoms with Gasteiger partial charge in [0.2, 0.25) is 17.5 Å². The number of carbonyl (C=O) groups is 1. The number of methoxy groups -OCH3 is 1. The number of carbonyl (C=O) groups excluding carboxylic acids is 1. The van der Waals surface area contributed by atoms with E-state index in [1.54, 1.807) is 25.3 Å². The lowest BCUT2D eigenvalue weighted by atomic mass is 10.1. The Morgan fingerprint density at radius 3 is 2.54 bits per heavy atom. The number of nitrogens with zero attached hydrogens (tertiary/aromatic N) is 4. The smallest absolute Gasteiger partial charge is 0.253 e. The quantitative estimate of drug-likeness (QED) is 0.477. The van der Waals surface area contributed by atoms with E-state index in [0.29, 0.717) is 50.1 Å². The molecule has 8 heteroatoms. The first-order valence-electron chi connectivity index (χ1n) is 11.6. The Morgan fingerprint density at radius 1 is 1.11 bits per heavy atom. The number of hydrogen-bond acceptors (Lipinski definition) is 7. The molecule has 35 heavy (non-hydrogen) atoms. The van der Waals surface area contributed by atoms with Gasteiger partial charge in [0.15, 0.2) is 0 Å². The highest BCUT2D eigenvalue weighted by molar-refractivity contribution is 5.94. The number of para-hydroxylation sites is 1. The summed E-state index contributed by atoms with van der Waals surface area (Å²) in [7, 11) is 1.62. The van der Waals surface area contributed by atoms with E-state index in [-0.39, 0.29) is 11.6 Å². The van der Waals surface area contributed by atoms with E-state index in [2.05, 4.69) is 18.0 Å². The number of aromatic nitrogens is 1. The third kappa shape index (κ3) is 5.64. The van der Waals surface area contributed by atoms with Gasteiger partial charge in [-0.25, -0.2) is 0 Å². The number of rotatable bonds is 8. The van der Waals surface area contributed by atoms with Crippen LogP contribution in [0, 0.1) is 11.3 Å². The fourth-order valence-electron chi connectivity index (χ4n) is 3.86. The Morgan fingerprint density at radius 2 is 1.86 bits per heavy atom. The predicted molar refractivity (Wildman–Crippen MR) is 133 cm³/mol. The Kier molecular flexibility index (Phi) is 7.68. The molecule has 0 atom stereocenters. The minimum atomic E-state index is -0.0230. The average Bonchev–Trinajstić information content (AvgIpc) is 3.34. The maximum absolute atomic E-state index is 12.9. The largest absolute Gasteiger partial charge is 0.496 e. The van der Waals surface area contributed by atoms with Gasteiger partial charge in [-0.15, -0.1) is 0 Å². The SMILES string of the molecule is CCCOc1ccc(C(=O)N2CCN(c3oc(/C=C/c4ccccc4OC)nc3C#N)CC2)cc1. The molecule has 0 saturated carbocycles. The molecule has 180 valence electrons. The van der Waals surface area contributed by atoms with Gasteiger partial charge in [0.1, 0.15) is 17.6 Å². The molecule has 1 aliphatic rings. The molecular weight excluding hydrogens is 444 g/mol. The summed E-state index contributed by atoms with van der Waals surface area (Å²) in [6.45, 7) is 4.83. The van der Waals surface area contributed by atoms with Crippen molar-refractivity contribution in [2.45, 2.75) is 13.3 Å². The van der Waals surface area contributed by atoms with E-state index in [1.165, 1.54) is 0 Å². The molecule has 0 N–H and O–H groups in total. The zero-order chi connectivity index (χ0) is 24.6. The number of piperazine rings is 1. The maximum Gasteiger partial charge on any atom is 0.253 e. The second-order valence-electron chi connectivity index (χ2n) is 8.05. The number of oxazole rings is 1. The summed E-state index contributed by atoms with van der Waals surface area (Å²) in [5, 5.41) is 9.58. The van der Waals surface area contributed by atoms with Crippen molar-refractivity contribution in [2.75, 3.05) is 44.8 Å². The van der Waals surface area contributed by atoms with Gasteiger partial charge in [0.25, 0.3) is 5.91 Å². The fourth-order valence-corrected chi connectivity index (χ4v) is 3.86. The van der Waals surface area contributed by atoms with Gasteiger partial charge >= 0.3 is 0 Å². The first kappa shape index (κ1) is 23.9. The summed E-state index contributed by atoms with van der Waals surface area (Å²) in [5.41, 5.74) is 1.74. The van der Waals surface area contributed by atoms with Crippen molar-refractivity contribution in [3.8, 4) is 17.6 Å². The van der Waals surface area contributed by atoms with Crippen molar-refractivity contribution in [2.24, 2.45) is 0 Å². The zero-order valence-corrected chi connectivity index (χ0v) is 19.9. The van der Waals surface area contributed by atoms with Crippen LogP contribution in [0.3, 0.4) is 0 Å². The molecule has 0 bridgehead atoms. The lowest BCUT2D eigenvalue weighted by Crippen LogP contribution is -2.48. The van der Waals surface area contributed by atoms with Crippen LogP contribution in [0.25, 0.3) is 12.2 Å². The predicted octanol–water partition coefficient (Wildman–Crippen LogP) is 4.48. The molecule has 1 aliphatic heterocycles. The van der Waals surface area contributed by atoms with Crippen LogP contribution in [0.15, 0.2) is 52.9 Å². The first-order chi connectivity index (χ1) is 17.1. The highest BCUT2D eigenvalue weighted by atomic mass is 16.5. The van der Waals surface area contributed by atoms with Crippen LogP contribution in [0.2, 0.25) is 0 Å². The van der Waals surface area contributed by atoms with Crippen LogP contribution in [0.4, 0.5) is 5.88 Å². The van der Waals surface area contributed by atoms with Crippen molar-refractivity contribution in [3.05, 3.63) is 71.2 Å². The third-order valence-electron chi connectivity index (χ3n) is 5.70. The summed E-state index contributed by atoms with van der Waals surface area (Å²) in [4.78, 5) is 21.0. The molecule has 1 aromatic heterocycles. The van der Waals surface area contributed by atoms with Gasteiger partial charge in [0.05, 0.1) is 13.7 Å². The van der Waals surface area contributed by atoms with Crippen LogP contribution in [-0.2, 0) is 0 Å². The van der Waals surface area contributed by atoms with Gasteiger partial charge in [-0.05, 0) is 42.8 Å². The second-order valence-corrected chi connectivity index (χ2v) is 8.05. The summed E-state index contributed by atoms with van der Waals surface area (Å²) in [6, 6.07) is 17.0. The average molecular weight is 473 g/mol. The number of hydrogen-bond donors (Lipinski definition) is 0. The molecule has 3 aromatic rings. The second kappa shape index (κ2) is 11.3. The Bertz CT molecular complexity index is 1220. The Hall–Kier alpha value is -4.25.